The van der Waals surface area contributed by atoms with Crippen LogP contribution in [0.15, 0.2) is 12.2 Å². The molecule has 1 rings (SSSR count). The summed E-state index contributed by atoms with van der Waals surface area (Å²) < 4.78 is 15.4. The number of unbranched alkanes of at least 4 members (excludes halogenated alkanes) is 4. The van der Waals surface area contributed by atoms with Crippen LogP contribution >= 0.6 is 12.4 Å². The van der Waals surface area contributed by atoms with Gasteiger partial charge in [-0.1, -0.05) is 26.2 Å². The molecular formula is C18H32ClNO5. The highest BCUT2D eigenvalue weighted by atomic mass is 35.5. The molecule has 0 aromatic rings. The van der Waals surface area contributed by atoms with E-state index in [2.05, 4.69) is 11.8 Å². The molecule has 146 valence electrons. The summed E-state index contributed by atoms with van der Waals surface area (Å²) in [6.07, 6.45) is 8.28. The molecule has 0 unspecified atom stereocenters. The first kappa shape index (κ1) is 23.9. The summed E-state index contributed by atoms with van der Waals surface area (Å²) in [5.41, 5.74) is 0. The minimum absolute atomic E-state index is 0. The average molecular weight is 378 g/mol. The lowest BCUT2D eigenvalue weighted by Crippen LogP contribution is -2.36. The van der Waals surface area contributed by atoms with Gasteiger partial charge < -0.3 is 14.2 Å². The predicted octanol–water partition coefficient (Wildman–Crippen LogP) is 2.74. The van der Waals surface area contributed by atoms with Crippen LogP contribution in [0.2, 0.25) is 0 Å². The first-order chi connectivity index (χ1) is 11.7. The molecule has 1 fully saturated rings. The van der Waals surface area contributed by atoms with Gasteiger partial charge in [-0.3, -0.25) is 4.90 Å². The molecule has 1 aliphatic heterocycles. The number of hydrogen-bond donors (Lipinski definition) is 0. The maximum Gasteiger partial charge on any atom is 0.331 e. The van der Waals surface area contributed by atoms with Crippen molar-refractivity contribution < 1.29 is 23.8 Å². The SMILES string of the molecule is CCCCCCOC(=O)/C=C/C(=O)OCCCCN1CCOCC1.Cl. The number of esters is 2. The molecule has 0 aliphatic carbocycles. The summed E-state index contributed by atoms with van der Waals surface area (Å²) in [5, 5.41) is 0. The van der Waals surface area contributed by atoms with Gasteiger partial charge in [0.2, 0.25) is 0 Å². The van der Waals surface area contributed by atoms with Gasteiger partial charge in [0, 0.05) is 25.2 Å². The first-order valence-corrected chi connectivity index (χ1v) is 9.04. The molecular weight excluding hydrogens is 346 g/mol. The van der Waals surface area contributed by atoms with Crippen molar-refractivity contribution in [1.82, 2.24) is 4.90 Å². The monoisotopic (exact) mass is 377 g/mol. The number of ether oxygens (including phenoxy) is 3. The quantitative estimate of drug-likeness (QED) is 0.296. The second-order valence-electron chi connectivity index (χ2n) is 5.89. The fourth-order valence-corrected chi connectivity index (χ4v) is 2.37. The average Bonchev–Trinajstić information content (AvgIpc) is 2.60. The van der Waals surface area contributed by atoms with E-state index in [0.717, 1.165) is 83.5 Å². The van der Waals surface area contributed by atoms with Crippen molar-refractivity contribution in [3.05, 3.63) is 12.2 Å². The fourth-order valence-electron chi connectivity index (χ4n) is 2.37. The van der Waals surface area contributed by atoms with Gasteiger partial charge in [-0.2, -0.15) is 0 Å². The molecule has 0 atom stereocenters. The second-order valence-corrected chi connectivity index (χ2v) is 5.89. The zero-order valence-electron chi connectivity index (χ0n) is 15.2. The van der Waals surface area contributed by atoms with Crippen LogP contribution in [0.3, 0.4) is 0 Å². The van der Waals surface area contributed by atoms with Gasteiger partial charge in [-0.15, -0.1) is 12.4 Å². The molecule has 0 radical (unpaired) electrons. The Balaban J connectivity index is 0.00000576. The van der Waals surface area contributed by atoms with Crippen LogP contribution in [0, 0.1) is 0 Å². The Labute approximate surface area is 157 Å². The summed E-state index contributed by atoms with van der Waals surface area (Å²) in [6, 6.07) is 0. The summed E-state index contributed by atoms with van der Waals surface area (Å²) >= 11 is 0. The summed E-state index contributed by atoms with van der Waals surface area (Å²) in [6.45, 7) is 7.46. The molecule has 0 saturated carbocycles. The van der Waals surface area contributed by atoms with E-state index in [1.807, 2.05) is 0 Å². The molecule has 1 heterocycles. The van der Waals surface area contributed by atoms with Crippen LogP contribution in [-0.2, 0) is 23.8 Å². The number of carbonyl (C=O) groups excluding carboxylic acids is 2. The van der Waals surface area contributed by atoms with Crippen LogP contribution in [0.4, 0.5) is 0 Å². The Bertz CT molecular complexity index is 384. The van der Waals surface area contributed by atoms with Crippen molar-refractivity contribution in [2.75, 3.05) is 46.1 Å². The lowest BCUT2D eigenvalue weighted by Gasteiger charge is -2.26. The van der Waals surface area contributed by atoms with E-state index in [0.29, 0.717) is 13.2 Å². The lowest BCUT2D eigenvalue weighted by molar-refractivity contribution is -0.140. The Hall–Kier alpha value is -1.11. The molecule has 0 N–H and O–H groups in total. The minimum atomic E-state index is -0.496. The third-order valence-electron chi connectivity index (χ3n) is 3.81. The third kappa shape index (κ3) is 13.8. The van der Waals surface area contributed by atoms with E-state index in [4.69, 9.17) is 14.2 Å². The predicted molar refractivity (Wildman–Crippen MR) is 98.9 cm³/mol. The highest BCUT2D eigenvalue weighted by Crippen LogP contribution is 2.01. The van der Waals surface area contributed by atoms with Crippen molar-refractivity contribution >= 4 is 24.3 Å². The summed E-state index contributed by atoms with van der Waals surface area (Å²) in [7, 11) is 0. The largest absolute Gasteiger partial charge is 0.463 e. The fraction of sp³-hybridized carbons (Fsp3) is 0.778. The number of halogens is 1. The second kappa shape index (κ2) is 16.4. The van der Waals surface area contributed by atoms with E-state index in [1.165, 1.54) is 0 Å². The van der Waals surface area contributed by atoms with Crippen molar-refractivity contribution in [2.24, 2.45) is 0 Å². The molecule has 0 bridgehead atoms. The number of nitrogens with zero attached hydrogens (tertiary/aromatic N) is 1. The highest BCUT2D eigenvalue weighted by Gasteiger charge is 2.09. The molecule has 0 spiro atoms. The Kier molecular flexibility index (Phi) is 15.6. The molecule has 1 saturated heterocycles. The summed E-state index contributed by atoms with van der Waals surface area (Å²) in [5.74, 6) is -0.986. The van der Waals surface area contributed by atoms with E-state index < -0.39 is 11.9 Å². The molecule has 7 heteroatoms. The van der Waals surface area contributed by atoms with Crippen molar-refractivity contribution in [2.45, 2.75) is 45.4 Å². The smallest absolute Gasteiger partial charge is 0.331 e. The van der Waals surface area contributed by atoms with Gasteiger partial charge in [0.1, 0.15) is 0 Å². The zero-order chi connectivity index (χ0) is 17.5. The molecule has 6 nitrogen and oxygen atoms in total. The van der Waals surface area contributed by atoms with Crippen molar-refractivity contribution in [3.63, 3.8) is 0 Å². The first-order valence-electron chi connectivity index (χ1n) is 9.04. The molecule has 1 aliphatic rings. The normalized spacial score (nSPS) is 14.9. The number of hydrogen-bond acceptors (Lipinski definition) is 6. The van der Waals surface area contributed by atoms with Crippen LogP contribution in [0.25, 0.3) is 0 Å². The van der Waals surface area contributed by atoms with Gasteiger partial charge in [0.15, 0.2) is 0 Å². The maximum absolute atomic E-state index is 11.5. The third-order valence-corrected chi connectivity index (χ3v) is 3.81. The molecule has 0 aromatic heterocycles. The molecule has 25 heavy (non-hydrogen) atoms. The van der Waals surface area contributed by atoms with Gasteiger partial charge in [0.25, 0.3) is 0 Å². The Morgan fingerprint density at radius 1 is 0.920 bits per heavy atom. The van der Waals surface area contributed by atoms with Crippen molar-refractivity contribution in [3.8, 4) is 0 Å². The number of carbonyl (C=O) groups is 2. The lowest BCUT2D eigenvalue weighted by atomic mass is 10.2. The van der Waals surface area contributed by atoms with Gasteiger partial charge in [-0.25, -0.2) is 9.59 Å². The maximum atomic E-state index is 11.5. The van der Waals surface area contributed by atoms with E-state index >= 15 is 0 Å². The van der Waals surface area contributed by atoms with Gasteiger partial charge in [0.05, 0.1) is 26.4 Å². The van der Waals surface area contributed by atoms with E-state index in [-0.39, 0.29) is 12.4 Å². The van der Waals surface area contributed by atoms with Crippen LogP contribution in [-0.4, -0.2) is 62.9 Å². The zero-order valence-corrected chi connectivity index (χ0v) is 16.1. The van der Waals surface area contributed by atoms with Crippen LogP contribution in [0.5, 0.6) is 0 Å². The minimum Gasteiger partial charge on any atom is -0.463 e. The van der Waals surface area contributed by atoms with Gasteiger partial charge >= 0.3 is 11.9 Å². The highest BCUT2D eigenvalue weighted by molar-refractivity contribution is 5.91. The van der Waals surface area contributed by atoms with Crippen LogP contribution < -0.4 is 0 Å². The Morgan fingerprint density at radius 3 is 2.04 bits per heavy atom. The number of rotatable bonds is 12. The molecule has 0 amide bonds. The Morgan fingerprint density at radius 2 is 1.48 bits per heavy atom. The van der Waals surface area contributed by atoms with Crippen LogP contribution in [0.1, 0.15) is 45.4 Å². The summed E-state index contributed by atoms with van der Waals surface area (Å²) in [4.78, 5) is 25.2. The topological polar surface area (TPSA) is 65.1 Å². The molecule has 0 aromatic carbocycles. The van der Waals surface area contributed by atoms with Gasteiger partial charge in [-0.05, 0) is 25.8 Å². The number of morpholine rings is 1. The standard InChI is InChI=1S/C18H31NO5.ClH/c1-2-3-4-6-13-23-17(20)8-9-18(21)24-14-7-5-10-19-11-15-22-16-12-19;/h8-9H,2-7,10-16H2,1H3;1H/b9-8+;. The van der Waals surface area contributed by atoms with E-state index in [1.54, 1.807) is 0 Å². The van der Waals surface area contributed by atoms with Crippen molar-refractivity contribution in [1.29, 1.82) is 0 Å². The van der Waals surface area contributed by atoms with E-state index in [9.17, 15) is 9.59 Å².